The molecule has 0 aromatic heterocycles. The lowest BCUT2D eigenvalue weighted by molar-refractivity contribution is -0.0504. The van der Waals surface area contributed by atoms with Crippen LogP contribution in [0.1, 0.15) is 16.7 Å². The van der Waals surface area contributed by atoms with E-state index in [1.807, 2.05) is 0 Å². The fourth-order valence-corrected chi connectivity index (χ4v) is 3.87. The maximum Gasteiger partial charge on any atom is 0.387 e. The monoisotopic (exact) mass is 573 g/mol. The van der Waals surface area contributed by atoms with Crippen LogP contribution in [0.2, 0.25) is 5.02 Å². The molecule has 0 spiro atoms. The Morgan fingerprint density at radius 2 is 1.83 bits per heavy atom. The van der Waals surface area contributed by atoms with Gasteiger partial charge in [-0.15, -0.1) is 24.0 Å². The van der Waals surface area contributed by atoms with Crippen LogP contribution < -0.4 is 15.4 Å². The second-order valence-electron chi connectivity index (χ2n) is 6.28. The van der Waals surface area contributed by atoms with Gasteiger partial charge in [-0.25, -0.2) is 8.42 Å². The number of aryl methyl sites for hydroxylation is 1. The summed E-state index contributed by atoms with van der Waals surface area (Å²) < 4.78 is 53.0. The quantitative estimate of drug-likeness (QED) is 0.296. The van der Waals surface area contributed by atoms with E-state index in [4.69, 9.17) is 11.6 Å². The van der Waals surface area contributed by atoms with Gasteiger partial charge in [-0.1, -0.05) is 23.7 Å². The molecular formula is C19H23ClF2IN3O3S. The lowest BCUT2D eigenvalue weighted by Gasteiger charge is -2.15. The summed E-state index contributed by atoms with van der Waals surface area (Å²) in [5.41, 5.74) is 1.97. The molecule has 2 aromatic carbocycles. The largest absolute Gasteiger partial charge is 0.434 e. The molecule has 0 radical (unpaired) electrons. The molecule has 0 saturated heterocycles. The molecule has 0 saturated carbocycles. The van der Waals surface area contributed by atoms with E-state index in [0.29, 0.717) is 28.7 Å². The average molecular weight is 574 g/mol. The van der Waals surface area contributed by atoms with Gasteiger partial charge in [0.1, 0.15) is 5.75 Å². The van der Waals surface area contributed by atoms with E-state index in [2.05, 4.69) is 20.4 Å². The van der Waals surface area contributed by atoms with E-state index in [0.717, 1.165) is 5.56 Å². The Bertz CT molecular complexity index is 1000. The summed E-state index contributed by atoms with van der Waals surface area (Å²) in [7, 11) is -1.70. The molecular weight excluding hydrogens is 551 g/mol. The Hall–Kier alpha value is -1.66. The number of benzene rings is 2. The van der Waals surface area contributed by atoms with Crippen LogP contribution in [0.5, 0.6) is 5.75 Å². The zero-order valence-electron chi connectivity index (χ0n) is 16.6. The van der Waals surface area contributed by atoms with Gasteiger partial charge < -0.3 is 15.4 Å². The van der Waals surface area contributed by atoms with Crippen LogP contribution in [-0.4, -0.2) is 34.3 Å². The minimum atomic E-state index is -3.27. The van der Waals surface area contributed by atoms with Crippen molar-refractivity contribution in [3.05, 3.63) is 58.1 Å². The lowest BCUT2D eigenvalue weighted by Crippen LogP contribution is -2.36. The molecule has 0 unspecified atom stereocenters. The Kier molecular flexibility index (Phi) is 10.2. The molecule has 2 N–H and O–H groups in total. The van der Waals surface area contributed by atoms with Crippen molar-refractivity contribution in [2.45, 2.75) is 31.5 Å². The van der Waals surface area contributed by atoms with Gasteiger partial charge in [0.25, 0.3) is 0 Å². The highest BCUT2D eigenvalue weighted by Gasteiger charge is 2.12. The first kappa shape index (κ1) is 26.4. The summed E-state index contributed by atoms with van der Waals surface area (Å²) in [6.07, 6.45) is 1.17. The topological polar surface area (TPSA) is 79.8 Å². The molecule has 0 amide bonds. The molecule has 0 aliphatic carbocycles. The molecule has 0 aliphatic rings. The van der Waals surface area contributed by atoms with Crippen molar-refractivity contribution in [3.8, 4) is 5.75 Å². The predicted molar refractivity (Wildman–Crippen MR) is 125 cm³/mol. The van der Waals surface area contributed by atoms with Crippen molar-refractivity contribution in [2.75, 3.05) is 13.3 Å². The van der Waals surface area contributed by atoms with Crippen molar-refractivity contribution in [1.82, 2.24) is 10.6 Å². The van der Waals surface area contributed by atoms with Crippen LogP contribution in [0.4, 0.5) is 8.78 Å². The summed E-state index contributed by atoms with van der Waals surface area (Å²) in [5, 5.41) is 6.49. The molecule has 6 nitrogen and oxygen atoms in total. The molecule has 0 aliphatic heterocycles. The summed E-state index contributed by atoms with van der Waals surface area (Å²) in [5.74, 6) is 0.456. The predicted octanol–water partition coefficient (Wildman–Crippen LogP) is 4.14. The minimum Gasteiger partial charge on any atom is -0.434 e. The molecule has 30 heavy (non-hydrogen) atoms. The van der Waals surface area contributed by atoms with Gasteiger partial charge in [-0.2, -0.15) is 8.78 Å². The smallest absolute Gasteiger partial charge is 0.387 e. The highest BCUT2D eigenvalue weighted by molar-refractivity contribution is 14.0. The number of hydrogen-bond donors (Lipinski definition) is 2. The molecule has 0 atom stereocenters. The summed E-state index contributed by atoms with van der Waals surface area (Å²) in [4.78, 5) is 4.38. The third-order valence-electron chi connectivity index (χ3n) is 4.01. The molecule has 2 rings (SSSR count). The first-order valence-corrected chi connectivity index (χ1v) is 10.8. The number of guanidine groups is 1. The number of aliphatic imine (C=N–C) groups is 1. The van der Waals surface area contributed by atoms with Crippen molar-refractivity contribution >= 4 is 51.4 Å². The summed E-state index contributed by atoms with van der Waals surface area (Å²) >= 11 is 5.94. The van der Waals surface area contributed by atoms with Gasteiger partial charge in [0, 0.05) is 37.0 Å². The zero-order valence-corrected chi connectivity index (χ0v) is 20.5. The SMILES string of the molecule is CN=C(NCc1ccc(S(C)(=O)=O)c(C)c1)NCc1cc(Cl)ccc1OC(F)F.I. The second-order valence-corrected chi connectivity index (χ2v) is 8.70. The highest BCUT2D eigenvalue weighted by atomic mass is 127. The molecule has 0 fully saturated rings. The Balaban J connectivity index is 0.00000450. The van der Waals surface area contributed by atoms with Gasteiger partial charge in [-0.3, -0.25) is 4.99 Å². The fourth-order valence-electron chi connectivity index (χ4n) is 2.72. The summed E-state index contributed by atoms with van der Waals surface area (Å²) in [6, 6.07) is 9.45. The van der Waals surface area contributed by atoms with Crippen LogP contribution in [0, 0.1) is 6.92 Å². The number of ether oxygens (including phenoxy) is 1. The Morgan fingerprint density at radius 3 is 2.40 bits per heavy atom. The molecule has 2 aromatic rings. The Morgan fingerprint density at radius 1 is 1.17 bits per heavy atom. The number of alkyl halides is 2. The number of hydrogen-bond acceptors (Lipinski definition) is 4. The number of nitrogens with zero attached hydrogens (tertiary/aromatic N) is 1. The maximum absolute atomic E-state index is 12.6. The van der Waals surface area contributed by atoms with Gasteiger partial charge >= 0.3 is 6.61 Å². The van der Waals surface area contributed by atoms with Gasteiger partial charge in [-0.05, 0) is 42.3 Å². The molecule has 11 heteroatoms. The number of halogens is 4. The van der Waals surface area contributed by atoms with Crippen LogP contribution in [-0.2, 0) is 22.9 Å². The molecule has 166 valence electrons. The van der Waals surface area contributed by atoms with Crippen molar-refractivity contribution in [3.63, 3.8) is 0 Å². The zero-order chi connectivity index (χ0) is 21.6. The van der Waals surface area contributed by atoms with E-state index >= 15 is 0 Å². The van der Waals surface area contributed by atoms with Crippen molar-refractivity contribution in [1.29, 1.82) is 0 Å². The van der Waals surface area contributed by atoms with E-state index in [1.165, 1.54) is 24.5 Å². The fraction of sp³-hybridized carbons (Fsp3) is 0.316. The Labute approximate surface area is 197 Å². The van der Waals surface area contributed by atoms with E-state index < -0.39 is 16.4 Å². The van der Waals surface area contributed by atoms with Crippen molar-refractivity contribution in [2.24, 2.45) is 4.99 Å². The maximum atomic E-state index is 12.6. The highest BCUT2D eigenvalue weighted by Crippen LogP contribution is 2.24. The van der Waals surface area contributed by atoms with Crippen LogP contribution in [0.3, 0.4) is 0 Å². The van der Waals surface area contributed by atoms with E-state index in [9.17, 15) is 17.2 Å². The lowest BCUT2D eigenvalue weighted by atomic mass is 10.1. The summed E-state index contributed by atoms with van der Waals surface area (Å²) in [6.45, 7) is -0.656. The number of sulfone groups is 1. The third-order valence-corrected chi connectivity index (χ3v) is 5.50. The van der Waals surface area contributed by atoms with Gasteiger partial charge in [0.2, 0.25) is 0 Å². The van der Waals surface area contributed by atoms with Gasteiger partial charge in [0.15, 0.2) is 15.8 Å². The number of rotatable bonds is 7. The third kappa shape index (κ3) is 7.88. The first-order valence-electron chi connectivity index (χ1n) is 8.57. The minimum absolute atomic E-state index is 0. The van der Waals surface area contributed by atoms with E-state index in [1.54, 1.807) is 32.2 Å². The van der Waals surface area contributed by atoms with E-state index in [-0.39, 0.29) is 41.2 Å². The van der Waals surface area contributed by atoms with Gasteiger partial charge in [0.05, 0.1) is 4.90 Å². The van der Waals surface area contributed by atoms with Crippen LogP contribution in [0.25, 0.3) is 0 Å². The number of nitrogens with one attached hydrogen (secondary N) is 2. The molecule has 0 bridgehead atoms. The molecule has 0 heterocycles. The second kappa shape index (κ2) is 11.7. The average Bonchev–Trinajstić information content (AvgIpc) is 2.62. The van der Waals surface area contributed by atoms with Crippen LogP contribution in [0.15, 0.2) is 46.3 Å². The normalized spacial score (nSPS) is 11.8. The standard InChI is InChI=1S/C19H22ClF2N3O3S.HI/c1-12-8-13(4-7-17(12)29(3,26)27)10-24-19(23-2)25-11-14-9-15(20)5-6-16(14)28-18(21)22;/h4-9,18H,10-11H2,1-3H3,(H2,23,24,25);1H. The van der Waals surface area contributed by atoms with Crippen molar-refractivity contribution < 1.29 is 21.9 Å². The first-order chi connectivity index (χ1) is 13.6. The van der Waals surface area contributed by atoms with Crippen LogP contribution >= 0.6 is 35.6 Å².